The van der Waals surface area contributed by atoms with Crippen LogP contribution in [0.3, 0.4) is 0 Å². The number of carbonyl (C=O) groups is 3. The Hall–Kier alpha value is -3.42. The summed E-state index contributed by atoms with van der Waals surface area (Å²) in [6, 6.07) is 10.7. The maximum atomic E-state index is 13.7. The Labute approximate surface area is 173 Å². The molecule has 3 N–H and O–H groups in total. The highest BCUT2D eigenvalue weighted by Crippen LogP contribution is 2.45. The normalized spacial score (nSPS) is 20.9. The number of methoxy groups -OCH3 is 1. The van der Waals surface area contributed by atoms with Crippen LogP contribution in [0.15, 0.2) is 42.5 Å². The van der Waals surface area contributed by atoms with Gasteiger partial charge in [0.15, 0.2) is 0 Å². The van der Waals surface area contributed by atoms with Crippen LogP contribution in [0.2, 0.25) is 0 Å². The van der Waals surface area contributed by atoms with Gasteiger partial charge in [0.2, 0.25) is 11.8 Å². The number of carbonyl (C=O) groups excluding carboxylic acids is 3. The molecule has 1 saturated carbocycles. The average Bonchev–Trinajstić information content (AvgIpc) is 3.50. The number of benzene rings is 2. The predicted octanol–water partition coefficient (Wildman–Crippen LogP) is 2.62. The Morgan fingerprint density at radius 2 is 1.97 bits per heavy atom. The summed E-state index contributed by atoms with van der Waals surface area (Å²) in [5, 5.41) is 2.71. The van der Waals surface area contributed by atoms with Crippen molar-refractivity contribution in [3.8, 4) is 5.75 Å². The van der Waals surface area contributed by atoms with Crippen molar-refractivity contribution in [3.05, 3.63) is 59.4 Å². The van der Waals surface area contributed by atoms with E-state index in [9.17, 15) is 18.8 Å². The van der Waals surface area contributed by atoms with E-state index in [2.05, 4.69) is 5.32 Å². The fourth-order valence-electron chi connectivity index (χ4n) is 4.02. The van der Waals surface area contributed by atoms with Crippen LogP contribution in [-0.4, -0.2) is 35.8 Å². The fraction of sp³-hybridized carbons (Fsp3) is 0.318. The molecule has 0 aromatic heterocycles. The van der Waals surface area contributed by atoms with Gasteiger partial charge in [0.05, 0.1) is 24.6 Å². The van der Waals surface area contributed by atoms with Gasteiger partial charge < -0.3 is 20.7 Å². The third-order valence-corrected chi connectivity index (χ3v) is 5.58. The zero-order chi connectivity index (χ0) is 21.4. The molecule has 0 spiro atoms. The molecule has 1 heterocycles. The van der Waals surface area contributed by atoms with E-state index in [0.29, 0.717) is 5.75 Å². The molecule has 2 fully saturated rings. The Morgan fingerprint density at radius 3 is 2.63 bits per heavy atom. The molecule has 1 aliphatic heterocycles. The van der Waals surface area contributed by atoms with E-state index in [0.717, 1.165) is 24.5 Å². The van der Waals surface area contributed by atoms with Crippen molar-refractivity contribution in [3.63, 3.8) is 0 Å². The molecule has 2 aliphatic rings. The summed E-state index contributed by atoms with van der Waals surface area (Å²) in [6.45, 7) is 0. The molecule has 3 amide bonds. The standard InChI is InChI=1S/C22H22FN3O4/c1-30-15-4-2-3-12(9-15)20-17(11-19(27)26(20)14-6-7-14)22(29)25-13-5-8-18(23)16(10-13)21(24)28/h2-5,8-10,14,17,20H,6-7,11H2,1H3,(H2,24,28)(H,25,29). The van der Waals surface area contributed by atoms with Crippen molar-refractivity contribution in [2.45, 2.75) is 31.3 Å². The maximum Gasteiger partial charge on any atom is 0.251 e. The van der Waals surface area contributed by atoms with Crippen LogP contribution < -0.4 is 15.8 Å². The van der Waals surface area contributed by atoms with Gasteiger partial charge in [-0.1, -0.05) is 12.1 Å². The first kappa shape index (κ1) is 19.9. The minimum Gasteiger partial charge on any atom is -0.497 e. The van der Waals surface area contributed by atoms with Crippen molar-refractivity contribution in [2.75, 3.05) is 12.4 Å². The van der Waals surface area contributed by atoms with Gasteiger partial charge >= 0.3 is 0 Å². The molecule has 1 aliphatic carbocycles. The highest BCUT2D eigenvalue weighted by molar-refractivity contribution is 6.00. The molecule has 2 aromatic carbocycles. The van der Waals surface area contributed by atoms with Crippen molar-refractivity contribution in [1.29, 1.82) is 0 Å². The topological polar surface area (TPSA) is 102 Å². The van der Waals surface area contributed by atoms with E-state index in [4.69, 9.17) is 10.5 Å². The van der Waals surface area contributed by atoms with Crippen molar-refractivity contribution < 1.29 is 23.5 Å². The molecule has 30 heavy (non-hydrogen) atoms. The molecule has 0 bridgehead atoms. The lowest BCUT2D eigenvalue weighted by atomic mass is 9.92. The molecule has 7 nitrogen and oxygen atoms in total. The molecule has 8 heteroatoms. The second-order valence-electron chi connectivity index (χ2n) is 7.61. The third-order valence-electron chi connectivity index (χ3n) is 5.58. The molecule has 2 aromatic rings. The second kappa shape index (κ2) is 7.78. The number of nitrogens with zero attached hydrogens (tertiary/aromatic N) is 1. The zero-order valence-corrected chi connectivity index (χ0v) is 16.4. The van der Waals surface area contributed by atoms with Gasteiger partial charge in [0, 0.05) is 18.2 Å². The van der Waals surface area contributed by atoms with E-state index < -0.39 is 23.7 Å². The number of hydrogen-bond donors (Lipinski definition) is 2. The summed E-state index contributed by atoms with van der Waals surface area (Å²) in [6.07, 6.45) is 1.91. The van der Waals surface area contributed by atoms with Crippen LogP contribution >= 0.6 is 0 Å². The van der Waals surface area contributed by atoms with Crippen molar-refractivity contribution in [2.24, 2.45) is 11.7 Å². The summed E-state index contributed by atoms with van der Waals surface area (Å²) in [5.41, 5.74) is 5.95. The minimum absolute atomic E-state index is 0.0672. The first-order valence-electron chi connectivity index (χ1n) is 9.74. The van der Waals surface area contributed by atoms with Crippen LogP contribution in [0.25, 0.3) is 0 Å². The number of nitrogens with two attached hydrogens (primary N) is 1. The van der Waals surface area contributed by atoms with E-state index in [1.54, 1.807) is 18.1 Å². The molecule has 0 radical (unpaired) electrons. The smallest absolute Gasteiger partial charge is 0.251 e. The molecule has 156 valence electrons. The Morgan fingerprint density at radius 1 is 1.20 bits per heavy atom. The zero-order valence-electron chi connectivity index (χ0n) is 16.4. The highest BCUT2D eigenvalue weighted by atomic mass is 19.1. The number of hydrogen-bond acceptors (Lipinski definition) is 4. The largest absolute Gasteiger partial charge is 0.497 e. The van der Waals surface area contributed by atoms with Gasteiger partial charge in [0.25, 0.3) is 5.91 Å². The first-order valence-corrected chi connectivity index (χ1v) is 9.74. The van der Waals surface area contributed by atoms with Crippen molar-refractivity contribution in [1.82, 2.24) is 4.90 Å². The molecule has 4 rings (SSSR count). The van der Waals surface area contributed by atoms with E-state index in [1.165, 1.54) is 12.1 Å². The number of rotatable bonds is 6. The lowest BCUT2D eigenvalue weighted by molar-refractivity contribution is -0.129. The Balaban J connectivity index is 1.64. The van der Waals surface area contributed by atoms with Crippen LogP contribution in [0.4, 0.5) is 10.1 Å². The number of amides is 3. The SMILES string of the molecule is COc1cccc(C2C(C(=O)Nc3ccc(F)c(C(N)=O)c3)CC(=O)N2C2CC2)c1. The summed E-state index contributed by atoms with van der Waals surface area (Å²) in [4.78, 5) is 39.1. The van der Waals surface area contributed by atoms with Crippen molar-refractivity contribution >= 4 is 23.4 Å². The van der Waals surface area contributed by atoms with Gasteiger partial charge in [-0.25, -0.2) is 4.39 Å². The maximum absolute atomic E-state index is 13.7. The number of primary amides is 1. The minimum atomic E-state index is -0.922. The first-order chi connectivity index (χ1) is 14.4. The molecular formula is C22H22FN3O4. The predicted molar refractivity (Wildman–Crippen MR) is 107 cm³/mol. The van der Waals surface area contributed by atoms with E-state index >= 15 is 0 Å². The lowest BCUT2D eigenvalue weighted by Crippen LogP contribution is -2.34. The second-order valence-corrected chi connectivity index (χ2v) is 7.61. The van der Waals surface area contributed by atoms with Gasteiger partial charge in [0.1, 0.15) is 11.6 Å². The number of ether oxygens (including phenoxy) is 1. The van der Waals surface area contributed by atoms with Crippen LogP contribution in [0.5, 0.6) is 5.75 Å². The highest BCUT2D eigenvalue weighted by Gasteiger charge is 2.49. The van der Waals surface area contributed by atoms with Gasteiger partial charge in [-0.3, -0.25) is 14.4 Å². The Kier molecular flexibility index (Phi) is 5.15. The summed E-state index contributed by atoms with van der Waals surface area (Å²) in [7, 11) is 1.56. The van der Waals surface area contributed by atoms with E-state index in [-0.39, 0.29) is 35.5 Å². The van der Waals surface area contributed by atoms with Crippen LogP contribution in [0, 0.1) is 11.7 Å². The van der Waals surface area contributed by atoms with Gasteiger partial charge in [-0.2, -0.15) is 0 Å². The fourth-order valence-corrected chi connectivity index (χ4v) is 4.02. The molecular weight excluding hydrogens is 389 g/mol. The lowest BCUT2D eigenvalue weighted by Gasteiger charge is -2.28. The quantitative estimate of drug-likeness (QED) is 0.763. The van der Waals surface area contributed by atoms with Gasteiger partial charge in [-0.15, -0.1) is 0 Å². The summed E-state index contributed by atoms with van der Waals surface area (Å²) in [5.74, 6) is -2.11. The van der Waals surface area contributed by atoms with Crippen LogP contribution in [-0.2, 0) is 9.59 Å². The number of nitrogens with one attached hydrogen (secondary N) is 1. The summed E-state index contributed by atoms with van der Waals surface area (Å²) < 4.78 is 19.0. The Bertz CT molecular complexity index is 1020. The molecule has 2 atom stereocenters. The van der Waals surface area contributed by atoms with Gasteiger partial charge in [-0.05, 0) is 48.7 Å². The van der Waals surface area contributed by atoms with Crippen LogP contribution in [0.1, 0.15) is 41.2 Å². The monoisotopic (exact) mass is 411 g/mol. The van der Waals surface area contributed by atoms with E-state index in [1.807, 2.05) is 18.2 Å². The molecule has 2 unspecified atom stereocenters. The summed E-state index contributed by atoms with van der Waals surface area (Å²) >= 11 is 0. The molecule has 1 saturated heterocycles. The number of anilines is 1. The third kappa shape index (κ3) is 3.72. The number of likely N-dealkylation sites (tertiary alicyclic amines) is 1. The average molecular weight is 411 g/mol. The number of halogens is 1.